The van der Waals surface area contributed by atoms with Crippen LogP contribution < -0.4 is 15.4 Å². The fraction of sp³-hybridized carbons (Fsp3) is 0.182. The molecule has 0 aliphatic carbocycles. The summed E-state index contributed by atoms with van der Waals surface area (Å²) in [7, 11) is 1.66. The van der Waals surface area contributed by atoms with Gasteiger partial charge in [0.25, 0.3) is 5.91 Å². The van der Waals surface area contributed by atoms with Crippen LogP contribution in [0.3, 0.4) is 0 Å². The van der Waals surface area contributed by atoms with Crippen molar-refractivity contribution >= 4 is 23.3 Å². The summed E-state index contributed by atoms with van der Waals surface area (Å²) >= 11 is 5.86. The molecule has 0 spiro atoms. The van der Waals surface area contributed by atoms with Crippen molar-refractivity contribution in [3.8, 4) is 5.75 Å². The van der Waals surface area contributed by atoms with E-state index in [1.807, 2.05) is 42.5 Å². The first kappa shape index (κ1) is 19.7. The Morgan fingerprint density at radius 2 is 1.71 bits per heavy atom. The fourth-order valence-electron chi connectivity index (χ4n) is 2.65. The average molecular weight is 396 g/mol. The number of halogens is 1. The number of hydrogen-bond acceptors (Lipinski definition) is 4. The second-order valence-corrected chi connectivity index (χ2v) is 6.70. The van der Waals surface area contributed by atoms with Gasteiger partial charge in [-0.15, -0.1) is 0 Å². The number of carbonyl (C=O) groups excluding carboxylic acids is 1. The van der Waals surface area contributed by atoms with Crippen LogP contribution in [0.5, 0.6) is 5.75 Å². The number of aromatic nitrogens is 1. The Hall–Kier alpha value is -3.05. The van der Waals surface area contributed by atoms with Gasteiger partial charge in [-0.2, -0.15) is 0 Å². The highest BCUT2D eigenvalue weighted by atomic mass is 35.5. The van der Waals surface area contributed by atoms with Crippen molar-refractivity contribution in [3.63, 3.8) is 0 Å². The van der Waals surface area contributed by atoms with Crippen molar-refractivity contribution in [2.75, 3.05) is 19.0 Å². The summed E-state index contributed by atoms with van der Waals surface area (Å²) in [6.45, 7) is 1.19. The summed E-state index contributed by atoms with van der Waals surface area (Å²) in [4.78, 5) is 16.6. The Kier molecular flexibility index (Phi) is 6.87. The van der Waals surface area contributed by atoms with Crippen molar-refractivity contribution < 1.29 is 9.53 Å². The summed E-state index contributed by atoms with van der Waals surface area (Å²) in [5.41, 5.74) is 2.73. The average Bonchev–Trinajstić information content (AvgIpc) is 2.74. The van der Waals surface area contributed by atoms with Gasteiger partial charge in [-0.05, 0) is 53.9 Å². The van der Waals surface area contributed by atoms with Crippen LogP contribution in [0.2, 0.25) is 5.02 Å². The van der Waals surface area contributed by atoms with Gasteiger partial charge in [-0.1, -0.05) is 35.9 Å². The third-order valence-corrected chi connectivity index (χ3v) is 4.52. The molecule has 0 radical (unpaired) electrons. The number of ether oxygens (including phenoxy) is 1. The molecule has 0 aliphatic heterocycles. The highest BCUT2D eigenvalue weighted by Gasteiger charge is 2.06. The van der Waals surface area contributed by atoms with E-state index in [9.17, 15) is 4.79 Å². The van der Waals surface area contributed by atoms with Crippen LogP contribution >= 0.6 is 11.6 Å². The standard InChI is InChI=1S/C22H22ClN3O2/c1-28-20-9-4-16(5-10-20)12-13-24-21-11-6-18(15-25-21)22(27)26-14-17-2-7-19(23)8-3-17/h2-11,15H,12-14H2,1H3,(H,24,25)(H,26,27). The minimum Gasteiger partial charge on any atom is -0.497 e. The molecule has 0 fully saturated rings. The van der Waals surface area contributed by atoms with E-state index < -0.39 is 0 Å². The van der Waals surface area contributed by atoms with Crippen molar-refractivity contribution in [2.24, 2.45) is 0 Å². The van der Waals surface area contributed by atoms with Crippen molar-refractivity contribution in [1.82, 2.24) is 10.3 Å². The van der Waals surface area contributed by atoms with E-state index in [0.717, 1.165) is 30.1 Å². The van der Waals surface area contributed by atoms with E-state index >= 15 is 0 Å². The number of anilines is 1. The summed E-state index contributed by atoms with van der Waals surface area (Å²) in [5.74, 6) is 1.43. The normalized spacial score (nSPS) is 10.4. The number of benzene rings is 2. The van der Waals surface area contributed by atoms with E-state index in [1.165, 1.54) is 5.56 Å². The minimum atomic E-state index is -0.160. The molecule has 2 aromatic carbocycles. The van der Waals surface area contributed by atoms with E-state index in [1.54, 1.807) is 31.5 Å². The maximum atomic E-state index is 12.2. The molecular formula is C22H22ClN3O2. The summed E-state index contributed by atoms with van der Waals surface area (Å²) in [5, 5.41) is 6.82. The number of pyridine rings is 1. The van der Waals surface area contributed by atoms with Gasteiger partial charge in [0.2, 0.25) is 0 Å². The number of carbonyl (C=O) groups is 1. The molecule has 3 aromatic rings. The molecule has 0 unspecified atom stereocenters. The zero-order valence-electron chi connectivity index (χ0n) is 15.6. The Balaban J connectivity index is 1.45. The van der Waals surface area contributed by atoms with Gasteiger partial charge >= 0.3 is 0 Å². The molecule has 3 rings (SSSR count). The Bertz CT molecular complexity index is 895. The molecule has 1 aromatic heterocycles. The van der Waals surface area contributed by atoms with Crippen molar-refractivity contribution in [1.29, 1.82) is 0 Å². The monoisotopic (exact) mass is 395 g/mol. The molecule has 144 valence electrons. The first-order valence-electron chi connectivity index (χ1n) is 8.99. The second-order valence-electron chi connectivity index (χ2n) is 6.27. The highest BCUT2D eigenvalue weighted by molar-refractivity contribution is 6.30. The highest BCUT2D eigenvalue weighted by Crippen LogP contribution is 2.12. The van der Waals surface area contributed by atoms with E-state index in [-0.39, 0.29) is 5.91 Å². The second kappa shape index (κ2) is 9.76. The fourth-order valence-corrected chi connectivity index (χ4v) is 2.77. The van der Waals surface area contributed by atoms with Gasteiger partial charge in [-0.3, -0.25) is 4.79 Å². The molecule has 0 bridgehead atoms. The molecule has 5 nitrogen and oxygen atoms in total. The predicted octanol–water partition coefficient (Wildman–Crippen LogP) is 4.33. The summed E-state index contributed by atoms with van der Waals surface area (Å²) in [6, 6.07) is 18.9. The van der Waals surface area contributed by atoms with E-state index in [4.69, 9.17) is 16.3 Å². The zero-order chi connectivity index (χ0) is 19.8. The SMILES string of the molecule is COc1ccc(CCNc2ccc(C(=O)NCc3ccc(Cl)cc3)cn2)cc1. The van der Waals surface area contributed by atoms with Gasteiger partial charge < -0.3 is 15.4 Å². The Morgan fingerprint density at radius 1 is 1.00 bits per heavy atom. The van der Waals surface area contributed by atoms with Crippen molar-refractivity contribution in [3.05, 3.63) is 88.6 Å². The molecule has 0 saturated carbocycles. The maximum absolute atomic E-state index is 12.2. The van der Waals surface area contributed by atoms with Crippen LogP contribution in [0.1, 0.15) is 21.5 Å². The maximum Gasteiger partial charge on any atom is 0.253 e. The molecule has 0 aliphatic rings. The minimum absolute atomic E-state index is 0.160. The molecular weight excluding hydrogens is 374 g/mol. The van der Waals surface area contributed by atoms with Crippen LogP contribution in [0.4, 0.5) is 5.82 Å². The summed E-state index contributed by atoms with van der Waals surface area (Å²) in [6.07, 6.45) is 2.45. The lowest BCUT2D eigenvalue weighted by Crippen LogP contribution is -2.23. The Morgan fingerprint density at radius 3 is 2.36 bits per heavy atom. The molecule has 1 amide bonds. The van der Waals surface area contributed by atoms with Gasteiger partial charge in [0.1, 0.15) is 11.6 Å². The van der Waals surface area contributed by atoms with Crippen LogP contribution in [0.15, 0.2) is 66.9 Å². The topological polar surface area (TPSA) is 63.2 Å². The third-order valence-electron chi connectivity index (χ3n) is 4.27. The van der Waals surface area contributed by atoms with E-state index in [2.05, 4.69) is 15.6 Å². The number of hydrogen-bond donors (Lipinski definition) is 2. The van der Waals surface area contributed by atoms with Gasteiger partial charge in [-0.25, -0.2) is 4.98 Å². The zero-order valence-corrected chi connectivity index (χ0v) is 16.4. The number of nitrogens with zero attached hydrogens (tertiary/aromatic N) is 1. The molecule has 0 atom stereocenters. The lowest BCUT2D eigenvalue weighted by molar-refractivity contribution is 0.0950. The lowest BCUT2D eigenvalue weighted by atomic mass is 10.1. The third kappa shape index (κ3) is 5.72. The molecule has 0 saturated heterocycles. The van der Waals surface area contributed by atoms with Crippen LogP contribution in [0, 0.1) is 0 Å². The molecule has 2 N–H and O–H groups in total. The van der Waals surface area contributed by atoms with Crippen LogP contribution in [-0.4, -0.2) is 24.5 Å². The number of rotatable bonds is 8. The van der Waals surface area contributed by atoms with Gasteiger partial charge in [0.05, 0.1) is 12.7 Å². The molecule has 28 heavy (non-hydrogen) atoms. The molecule has 1 heterocycles. The number of nitrogens with one attached hydrogen (secondary N) is 2. The smallest absolute Gasteiger partial charge is 0.253 e. The van der Waals surface area contributed by atoms with Crippen LogP contribution in [-0.2, 0) is 13.0 Å². The molecule has 6 heteroatoms. The quantitative estimate of drug-likeness (QED) is 0.596. The number of methoxy groups -OCH3 is 1. The van der Waals surface area contributed by atoms with Crippen molar-refractivity contribution in [2.45, 2.75) is 13.0 Å². The van der Waals surface area contributed by atoms with Gasteiger partial charge in [0, 0.05) is 24.3 Å². The Labute approximate surface area is 169 Å². The first-order valence-corrected chi connectivity index (χ1v) is 9.37. The van der Waals surface area contributed by atoms with Gasteiger partial charge in [0.15, 0.2) is 0 Å². The largest absolute Gasteiger partial charge is 0.497 e. The van der Waals surface area contributed by atoms with Crippen LogP contribution in [0.25, 0.3) is 0 Å². The lowest BCUT2D eigenvalue weighted by Gasteiger charge is -2.08. The number of amides is 1. The van der Waals surface area contributed by atoms with E-state index in [0.29, 0.717) is 17.1 Å². The first-order chi connectivity index (χ1) is 13.6. The summed E-state index contributed by atoms with van der Waals surface area (Å²) < 4.78 is 5.16. The predicted molar refractivity (Wildman–Crippen MR) is 112 cm³/mol.